The van der Waals surface area contributed by atoms with Gasteiger partial charge in [-0.05, 0) is 25.0 Å². The molecule has 114 valence electrons. The Labute approximate surface area is 123 Å². The maximum atomic E-state index is 13.2. The standard InChI is InChI=1S/C16H20FNO3/c17-12-4-5-13-14(10-12)21-9-8-18(13)15(19)11-16(20)6-2-1-3-7-16/h4-5,10,20H,1-3,6-9,11H2. The highest BCUT2D eigenvalue weighted by atomic mass is 19.1. The molecular formula is C16H20FNO3. The molecule has 1 aromatic carbocycles. The van der Waals surface area contributed by atoms with E-state index >= 15 is 0 Å². The van der Waals surface area contributed by atoms with Gasteiger partial charge in [0.25, 0.3) is 0 Å². The summed E-state index contributed by atoms with van der Waals surface area (Å²) >= 11 is 0. The van der Waals surface area contributed by atoms with Gasteiger partial charge < -0.3 is 14.7 Å². The summed E-state index contributed by atoms with van der Waals surface area (Å²) in [6.07, 6.45) is 4.54. The lowest BCUT2D eigenvalue weighted by atomic mass is 9.82. The van der Waals surface area contributed by atoms with Gasteiger partial charge in [-0.25, -0.2) is 4.39 Å². The van der Waals surface area contributed by atoms with Gasteiger partial charge in [0.1, 0.15) is 18.2 Å². The number of anilines is 1. The van der Waals surface area contributed by atoms with E-state index in [1.807, 2.05) is 0 Å². The molecule has 5 heteroatoms. The largest absolute Gasteiger partial charge is 0.489 e. The summed E-state index contributed by atoms with van der Waals surface area (Å²) in [6, 6.07) is 4.18. The van der Waals surface area contributed by atoms with E-state index in [1.165, 1.54) is 12.1 Å². The third kappa shape index (κ3) is 3.02. The molecule has 1 aliphatic heterocycles. The van der Waals surface area contributed by atoms with E-state index in [9.17, 15) is 14.3 Å². The Bertz CT molecular complexity index is 540. The summed E-state index contributed by atoms with van der Waals surface area (Å²) in [5, 5.41) is 10.5. The van der Waals surface area contributed by atoms with Crippen molar-refractivity contribution in [3.63, 3.8) is 0 Å². The molecule has 1 aromatic rings. The van der Waals surface area contributed by atoms with Crippen LogP contribution in [0.1, 0.15) is 38.5 Å². The van der Waals surface area contributed by atoms with Gasteiger partial charge in [-0.1, -0.05) is 19.3 Å². The quantitative estimate of drug-likeness (QED) is 0.912. The van der Waals surface area contributed by atoms with E-state index in [4.69, 9.17) is 4.74 Å². The van der Waals surface area contributed by atoms with E-state index in [0.717, 1.165) is 19.3 Å². The van der Waals surface area contributed by atoms with E-state index in [2.05, 4.69) is 0 Å². The van der Waals surface area contributed by atoms with Crippen molar-refractivity contribution in [2.75, 3.05) is 18.1 Å². The molecule has 1 saturated carbocycles. The zero-order valence-corrected chi connectivity index (χ0v) is 12.0. The van der Waals surface area contributed by atoms with Crippen LogP contribution in [0.2, 0.25) is 0 Å². The number of hydrogen-bond acceptors (Lipinski definition) is 3. The van der Waals surface area contributed by atoms with Crippen molar-refractivity contribution in [1.29, 1.82) is 0 Å². The maximum absolute atomic E-state index is 13.2. The summed E-state index contributed by atoms with van der Waals surface area (Å²) < 4.78 is 18.6. The number of benzene rings is 1. The summed E-state index contributed by atoms with van der Waals surface area (Å²) in [6.45, 7) is 0.786. The lowest BCUT2D eigenvalue weighted by Gasteiger charge is -2.35. The van der Waals surface area contributed by atoms with E-state index < -0.39 is 5.60 Å². The van der Waals surface area contributed by atoms with Gasteiger partial charge in [-0.15, -0.1) is 0 Å². The van der Waals surface area contributed by atoms with E-state index in [-0.39, 0.29) is 18.1 Å². The molecule has 2 aliphatic rings. The fraction of sp³-hybridized carbons (Fsp3) is 0.562. The normalized spacial score (nSPS) is 20.6. The van der Waals surface area contributed by atoms with Gasteiger partial charge in [0.05, 0.1) is 24.3 Å². The molecular weight excluding hydrogens is 273 g/mol. The van der Waals surface area contributed by atoms with Gasteiger partial charge >= 0.3 is 0 Å². The molecule has 0 aromatic heterocycles. The summed E-state index contributed by atoms with van der Waals surface area (Å²) in [4.78, 5) is 14.1. The second-order valence-corrected chi connectivity index (χ2v) is 5.97. The van der Waals surface area contributed by atoms with Crippen molar-refractivity contribution in [3.8, 4) is 5.75 Å². The molecule has 3 rings (SSSR count). The number of aliphatic hydroxyl groups is 1. The molecule has 0 unspecified atom stereocenters. The van der Waals surface area contributed by atoms with Gasteiger partial charge in [0.2, 0.25) is 5.91 Å². The van der Waals surface area contributed by atoms with Crippen molar-refractivity contribution in [1.82, 2.24) is 0 Å². The van der Waals surface area contributed by atoms with Crippen molar-refractivity contribution in [3.05, 3.63) is 24.0 Å². The third-order valence-electron chi connectivity index (χ3n) is 4.35. The summed E-state index contributed by atoms with van der Waals surface area (Å²) in [5.74, 6) is -0.102. The second kappa shape index (κ2) is 5.64. The van der Waals surface area contributed by atoms with Crippen LogP contribution in [0.4, 0.5) is 10.1 Å². The van der Waals surface area contributed by atoms with Crippen molar-refractivity contribution in [2.45, 2.75) is 44.1 Å². The highest BCUT2D eigenvalue weighted by Crippen LogP contribution is 2.35. The van der Waals surface area contributed by atoms with Crippen LogP contribution in [0.3, 0.4) is 0 Å². The van der Waals surface area contributed by atoms with Crippen molar-refractivity contribution < 1.29 is 19.0 Å². The van der Waals surface area contributed by atoms with Crippen LogP contribution in [0.25, 0.3) is 0 Å². The third-order valence-corrected chi connectivity index (χ3v) is 4.35. The van der Waals surface area contributed by atoms with Gasteiger partial charge in [-0.2, -0.15) is 0 Å². The number of hydrogen-bond donors (Lipinski definition) is 1. The van der Waals surface area contributed by atoms with Gasteiger partial charge in [-0.3, -0.25) is 4.79 Å². The highest BCUT2D eigenvalue weighted by molar-refractivity contribution is 5.95. The van der Waals surface area contributed by atoms with Crippen LogP contribution < -0.4 is 9.64 Å². The minimum Gasteiger partial charge on any atom is -0.489 e. The Balaban J connectivity index is 1.77. The molecule has 21 heavy (non-hydrogen) atoms. The summed E-state index contributed by atoms with van der Waals surface area (Å²) in [5.41, 5.74) is -0.291. The first-order valence-electron chi connectivity index (χ1n) is 7.53. The van der Waals surface area contributed by atoms with Crippen LogP contribution in [0.15, 0.2) is 18.2 Å². The molecule has 1 fully saturated rings. The number of amides is 1. The van der Waals surface area contributed by atoms with Crippen molar-refractivity contribution in [2.24, 2.45) is 0 Å². The van der Waals surface area contributed by atoms with Crippen LogP contribution in [0.5, 0.6) is 5.75 Å². The van der Waals surface area contributed by atoms with E-state index in [1.54, 1.807) is 11.0 Å². The number of ether oxygens (including phenoxy) is 1. The monoisotopic (exact) mass is 293 g/mol. The Morgan fingerprint density at radius 3 is 2.86 bits per heavy atom. The number of carbonyl (C=O) groups excluding carboxylic acids is 1. The van der Waals surface area contributed by atoms with Crippen molar-refractivity contribution >= 4 is 11.6 Å². The SMILES string of the molecule is O=C(CC1(O)CCCCC1)N1CCOc2cc(F)ccc21. The Morgan fingerprint density at radius 2 is 2.10 bits per heavy atom. The first kappa shape index (κ1) is 14.3. The van der Waals surface area contributed by atoms with Crippen LogP contribution in [0, 0.1) is 5.82 Å². The average Bonchev–Trinajstić information content (AvgIpc) is 2.46. The van der Waals surface area contributed by atoms with Gasteiger partial charge in [0, 0.05) is 6.07 Å². The molecule has 1 aliphatic carbocycles. The minimum absolute atomic E-state index is 0.115. The zero-order chi connectivity index (χ0) is 14.9. The molecule has 1 N–H and O–H groups in total. The molecule has 0 radical (unpaired) electrons. The fourth-order valence-electron chi connectivity index (χ4n) is 3.22. The fourth-order valence-corrected chi connectivity index (χ4v) is 3.22. The lowest BCUT2D eigenvalue weighted by molar-refractivity contribution is -0.125. The first-order chi connectivity index (χ1) is 10.1. The topological polar surface area (TPSA) is 49.8 Å². The van der Waals surface area contributed by atoms with Crippen LogP contribution in [-0.2, 0) is 4.79 Å². The number of fused-ring (bicyclic) bond motifs is 1. The predicted molar refractivity (Wildman–Crippen MR) is 76.9 cm³/mol. The Kier molecular flexibility index (Phi) is 3.85. The Morgan fingerprint density at radius 1 is 1.33 bits per heavy atom. The number of carbonyl (C=O) groups is 1. The molecule has 1 amide bonds. The molecule has 1 heterocycles. The first-order valence-corrected chi connectivity index (χ1v) is 7.53. The van der Waals surface area contributed by atoms with E-state index in [0.29, 0.717) is 37.4 Å². The molecule has 0 spiro atoms. The summed E-state index contributed by atoms with van der Waals surface area (Å²) in [7, 11) is 0. The minimum atomic E-state index is -0.881. The zero-order valence-electron chi connectivity index (χ0n) is 12.0. The number of nitrogens with zero attached hydrogens (tertiary/aromatic N) is 1. The molecule has 4 nitrogen and oxygen atoms in total. The Hall–Kier alpha value is -1.62. The molecule has 0 saturated heterocycles. The highest BCUT2D eigenvalue weighted by Gasteiger charge is 2.35. The van der Waals surface area contributed by atoms with Gasteiger partial charge in [0.15, 0.2) is 0 Å². The van der Waals surface area contributed by atoms with Crippen LogP contribution >= 0.6 is 0 Å². The molecule has 0 bridgehead atoms. The predicted octanol–water partition coefficient (Wildman–Crippen LogP) is 2.64. The smallest absolute Gasteiger partial charge is 0.230 e. The molecule has 0 atom stereocenters. The lowest BCUT2D eigenvalue weighted by Crippen LogP contribution is -2.43. The number of halogens is 1. The second-order valence-electron chi connectivity index (χ2n) is 5.97. The number of rotatable bonds is 2. The maximum Gasteiger partial charge on any atom is 0.230 e. The van der Waals surface area contributed by atoms with Crippen LogP contribution in [-0.4, -0.2) is 29.8 Å². The average molecular weight is 293 g/mol.